The van der Waals surface area contributed by atoms with Gasteiger partial charge in [-0.25, -0.2) is 4.98 Å². The van der Waals surface area contributed by atoms with Crippen LogP contribution in [0.5, 0.6) is 0 Å². The van der Waals surface area contributed by atoms with E-state index in [2.05, 4.69) is 84.9 Å². The van der Waals surface area contributed by atoms with Crippen molar-refractivity contribution in [2.45, 2.75) is 0 Å². The van der Waals surface area contributed by atoms with Gasteiger partial charge in [0.15, 0.2) is 0 Å². The number of aromatic nitrogens is 1. The largest absolute Gasteiger partial charge is 0.235 e. The maximum absolute atomic E-state index is 5.03. The number of fused-ring (bicyclic) bond motifs is 2. The van der Waals surface area contributed by atoms with Gasteiger partial charge in [-0.2, -0.15) is 0 Å². The topological polar surface area (TPSA) is 12.9 Å². The van der Waals surface area contributed by atoms with Crippen molar-refractivity contribution >= 4 is 32.3 Å². The van der Waals surface area contributed by atoms with Crippen LogP contribution in [-0.4, -0.2) is 4.98 Å². The number of nitrogens with zero attached hydrogens (tertiary/aromatic N) is 1. The Bertz CT molecular complexity index is 1180. The summed E-state index contributed by atoms with van der Waals surface area (Å²) in [6.07, 6.45) is 0. The normalized spacial score (nSPS) is 11.2. The van der Waals surface area contributed by atoms with Crippen LogP contribution in [-0.2, 0) is 0 Å². The molecule has 0 spiro atoms. The molecule has 0 aliphatic heterocycles. The van der Waals surface area contributed by atoms with Crippen LogP contribution in [0.4, 0.5) is 0 Å². The summed E-state index contributed by atoms with van der Waals surface area (Å²) in [5.41, 5.74) is 4.70. The summed E-state index contributed by atoms with van der Waals surface area (Å²) in [5, 5.41) is 3.59. The Hall–Kier alpha value is -2.97. The van der Waals surface area contributed by atoms with Crippen molar-refractivity contribution in [2.75, 3.05) is 0 Å². The highest BCUT2D eigenvalue weighted by molar-refractivity contribution is 7.21. The Kier molecular flexibility index (Phi) is 3.36. The highest BCUT2D eigenvalue weighted by Gasteiger charge is 2.12. The van der Waals surface area contributed by atoms with Crippen LogP contribution in [0.1, 0.15) is 0 Å². The van der Waals surface area contributed by atoms with E-state index in [0.29, 0.717) is 0 Å². The van der Waals surface area contributed by atoms with Gasteiger partial charge < -0.3 is 0 Å². The Morgan fingerprint density at radius 3 is 2.24 bits per heavy atom. The van der Waals surface area contributed by atoms with Crippen LogP contribution < -0.4 is 0 Å². The molecule has 2 heteroatoms. The minimum Gasteiger partial charge on any atom is -0.235 e. The second-order valence-electron chi connectivity index (χ2n) is 6.06. The van der Waals surface area contributed by atoms with Gasteiger partial charge in [-0.1, -0.05) is 84.9 Å². The Morgan fingerprint density at radius 1 is 0.600 bits per heavy atom. The number of hydrogen-bond donors (Lipinski definition) is 0. The minimum absolute atomic E-state index is 1.08. The third-order valence-electron chi connectivity index (χ3n) is 4.52. The molecule has 0 aliphatic carbocycles. The molecule has 1 aromatic heterocycles. The fourth-order valence-corrected chi connectivity index (χ4v) is 4.36. The highest BCUT2D eigenvalue weighted by atomic mass is 32.1. The lowest BCUT2D eigenvalue weighted by molar-refractivity contribution is 1.48. The third-order valence-corrected chi connectivity index (χ3v) is 5.58. The Balaban J connectivity index is 1.76. The SMILES string of the molecule is c1ccc(-c2cccc3sc(-c4cccc5ccccc45)nc23)cc1. The predicted octanol–water partition coefficient (Wildman–Crippen LogP) is 6.78. The van der Waals surface area contributed by atoms with Crippen LogP contribution in [0, 0.1) is 0 Å². The molecule has 0 saturated heterocycles. The van der Waals surface area contributed by atoms with Gasteiger partial charge in [-0.05, 0) is 22.4 Å². The van der Waals surface area contributed by atoms with E-state index in [4.69, 9.17) is 4.98 Å². The van der Waals surface area contributed by atoms with Gasteiger partial charge in [0.25, 0.3) is 0 Å². The molecule has 1 nitrogen and oxygen atoms in total. The second kappa shape index (κ2) is 5.83. The number of para-hydroxylation sites is 1. The lowest BCUT2D eigenvalue weighted by Gasteiger charge is -2.03. The van der Waals surface area contributed by atoms with E-state index in [1.54, 1.807) is 11.3 Å². The van der Waals surface area contributed by atoms with E-state index >= 15 is 0 Å². The van der Waals surface area contributed by atoms with E-state index < -0.39 is 0 Å². The van der Waals surface area contributed by atoms with Crippen LogP contribution in [0.3, 0.4) is 0 Å². The maximum atomic E-state index is 5.03. The molecule has 5 rings (SSSR count). The summed E-state index contributed by atoms with van der Waals surface area (Å²) < 4.78 is 1.23. The van der Waals surface area contributed by atoms with Gasteiger partial charge >= 0.3 is 0 Å². The van der Waals surface area contributed by atoms with Crippen LogP contribution >= 0.6 is 11.3 Å². The van der Waals surface area contributed by atoms with Crippen LogP contribution in [0.25, 0.3) is 42.7 Å². The lowest BCUT2D eigenvalue weighted by Crippen LogP contribution is -1.82. The number of thiazole rings is 1. The second-order valence-corrected chi connectivity index (χ2v) is 7.09. The number of rotatable bonds is 2. The van der Waals surface area contributed by atoms with Crippen molar-refractivity contribution in [3.63, 3.8) is 0 Å². The van der Waals surface area contributed by atoms with Gasteiger partial charge in [0, 0.05) is 11.1 Å². The fraction of sp³-hybridized carbons (Fsp3) is 0. The van der Waals surface area contributed by atoms with Gasteiger partial charge in [0.05, 0.1) is 10.2 Å². The number of benzene rings is 4. The average Bonchev–Trinajstić information content (AvgIpc) is 3.12. The van der Waals surface area contributed by atoms with Crippen molar-refractivity contribution in [3.8, 4) is 21.7 Å². The zero-order chi connectivity index (χ0) is 16.6. The molecule has 0 unspecified atom stereocenters. The van der Waals surface area contributed by atoms with Crippen LogP contribution in [0.2, 0.25) is 0 Å². The number of hydrogen-bond acceptors (Lipinski definition) is 2. The standard InChI is InChI=1S/C23H15NS/c1-2-8-17(9-3-1)19-13-7-15-21-22(19)24-23(25-21)20-14-6-11-16-10-4-5-12-18(16)20/h1-15H. The van der Waals surface area contributed by atoms with Gasteiger partial charge in [0.1, 0.15) is 5.01 Å². The molecule has 0 radical (unpaired) electrons. The molecular weight excluding hydrogens is 322 g/mol. The summed E-state index contributed by atoms with van der Waals surface area (Å²) >= 11 is 1.76. The first kappa shape index (κ1) is 14.4. The molecule has 0 amide bonds. The molecule has 0 bridgehead atoms. The van der Waals surface area contributed by atoms with E-state index in [1.165, 1.54) is 32.2 Å². The molecule has 4 aromatic carbocycles. The third kappa shape index (κ3) is 2.43. The molecule has 0 fully saturated rings. The summed E-state index contributed by atoms with van der Waals surface area (Å²) in [6.45, 7) is 0. The maximum Gasteiger partial charge on any atom is 0.125 e. The zero-order valence-corrected chi connectivity index (χ0v) is 14.3. The highest BCUT2D eigenvalue weighted by Crippen LogP contribution is 2.37. The molecule has 25 heavy (non-hydrogen) atoms. The van der Waals surface area contributed by atoms with E-state index in [-0.39, 0.29) is 0 Å². The van der Waals surface area contributed by atoms with Crippen molar-refractivity contribution in [3.05, 3.63) is 91.0 Å². The van der Waals surface area contributed by atoms with Gasteiger partial charge in [0.2, 0.25) is 0 Å². The molecule has 1 heterocycles. The lowest BCUT2D eigenvalue weighted by atomic mass is 10.0. The molecular formula is C23H15NS. The minimum atomic E-state index is 1.08. The summed E-state index contributed by atoms with van der Waals surface area (Å²) in [6, 6.07) is 31.9. The van der Waals surface area contributed by atoms with E-state index in [1.807, 2.05) is 6.07 Å². The van der Waals surface area contributed by atoms with Crippen molar-refractivity contribution < 1.29 is 0 Å². The zero-order valence-electron chi connectivity index (χ0n) is 13.5. The molecule has 0 N–H and O–H groups in total. The summed E-state index contributed by atoms with van der Waals surface area (Å²) in [5.74, 6) is 0. The van der Waals surface area contributed by atoms with Gasteiger partial charge in [-0.3, -0.25) is 0 Å². The van der Waals surface area contributed by atoms with Crippen molar-refractivity contribution in [1.29, 1.82) is 0 Å². The molecule has 5 aromatic rings. The Morgan fingerprint density at radius 2 is 1.32 bits per heavy atom. The van der Waals surface area contributed by atoms with Crippen molar-refractivity contribution in [2.24, 2.45) is 0 Å². The summed E-state index contributed by atoms with van der Waals surface area (Å²) in [4.78, 5) is 5.03. The molecule has 118 valence electrons. The first-order valence-corrected chi connectivity index (χ1v) is 9.15. The summed E-state index contributed by atoms with van der Waals surface area (Å²) in [7, 11) is 0. The molecule has 0 saturated carbocycles. The first-order valence-electron chi connectivity index (χ1n) is 8.33. The van der Waals surface area contributed by atoms with Gasteiger partial charge in [-0.15, -0.1) is 11.3 Å². The Labute approximate surface area is 150 Å². The average molecular weight is 337 g/mol. The quantitative estimate of drug-likeness (QED) is 0.346. The van der Waals surface area contributed by atoms with Crippen molar-refractivity contribution in [1.82, 2.24) is 4.98 Å². The van der Waals surface area contributed by atoms with E-state index in [9.17, 15) is 0 Å². The van der Waals surface area contributed by atoms with E-state index in [0.717, 1.165) is 10.5 Å². The van der Waals surface area contributed by atoms with Crippen LogP contribution in [0.15, 0.2) is 91.0 Å². The monoisotopic (exact) mass is 337 g/mol. The fourth-order valence-electron chi connectivity index (χ4n) is 3.33. The molecule has 0 atom stereocenters. The molecule has 0 aliphatic rings. The smallest absolute Gasteiger partial charge is 0.125 e. The predicted molar refractivity (Wildman–Crippen MR) is 108 cm³/mol. The first-order chi connectivity index (χ1) is 12.4.